The Morgan fingerprint density at radius 3 is 2.91 bits per heavy atom. The molecule has 118 valence electrons. The quantitative estimate of drug-likeness (QED) is 0.465. The fraction of sp³-hybridized carbons (Fsp3) is 0.133. The molecule has 23 heavy (non-hydrogen) atoms. The van der Waals surface area contributed by atoms with Gasteiger partial charge in [0.05, 0.1) is 22.0 Å². The second-order valence-corrected chi connectivity index (χ2v) is 6.82. The van der Waals surface area contributed by atoms with Gasteiger partial charge >= 0.3 is 0 Å². The third-order valence-corrected chi connectivity index (χ3v) is 4.46. The van der Waals surface area contributed by atoms with E-state index in [0.717, 1.165) is 20.0 Å². The molecule has 2 aromatic heterocycles. The number of benzene rings is 1. The second-order valence-electron chi connectivity index (χ2n) is 4.35. The van der Waals surface area contributed by atoms with Gasteiger partial charge in [0.1, 0.15) is 5.75 Å². The van der Waals surface area contributed by atoms with E-state index in [0.29, 0.717) is 11.8 Å². The first-order valence-corrected chi connectivity index (χ1v) is 8.23. The normalized spacial score (nSPS) is 11.0. The second kappa shape index (κ2) is 7.38. The van der Waals surface area contributed by atoms with Crippen molar-refractivity contribution >= 4 is 33.5 Å². The summed E-state index contributed by atoms with van der Waals surface area (Å²) >= 11 is 4.92. The van der Waals surface area contributed by atoms with E-state index in [9.17, 15) is 0 Å². The van der Waals surface area contributed by atoms with Gasteiger partial charge < -0.3 is 14.0 Å². The van der Waals surface area contributed by atoms with E-state index in [1.54, 1.807) is 13.3 Å². The van der Waals surface area contributed by atoms with Crippen molar-refractivity contribution in [2.45, 2.75) is 6.61 Å². The maximum absolute atomic E-state index is 5.52. The molecule has 0 unspecified atom stereocenters. The zero-order valence-corrected chi connectivity index (χ0v) is 14.5. The number of halogens is 1. The van der Waals surface area contributed by atoms with Gasteiger partial charge in [0.25, 0.3) is 11.8 Å². The minimum Gasteiger partial charge on any atom is -0.496 e. The van der Waals surface area contributed by atoms with Gasteiger partial charge in [-0.15, -0.1) is 21.5 Å². The van der Waals surface area contributed by atoms with E-state index in [4.69, 9.17) is 14.0 Å². The largest absolute Gasteiger partial charge is 0.496 e. The highest BCUT2D eigenvalue weighted by molar-refractivity contribution is 9.11. The number of para-hydroxylation sites is 1. The average molecular weight is 394 g/mol. The summed E-state index contributed by atoms with van der Waals surface area (Å²) in [5, 5.41) is 11.8. The van der Waals surface area contributed by atoms with Crippen LogP contribution >= 0.6 is 27.3 Å². The third-order valence-electron chi connectivity index (χ3n) is 2.84. The highest BCUT2D eigenvalue weighted by atomic mass is 79.9. The van der Waals surface area contributed by atoms with Crippen LogP contribution in [0.2, 0.25) is 0 Å². The molecular weight excluding hydrogens is 382 g/mol. The van der Waals surface area contributed by atoms with Crippen LogP contribution in [0.15, 0.2) is 49.8 Å². The molecular formula is C15H12BrN3O3S. The number of methoxy groups -OCH3 is 1. The molecule has 3 rings (SSSR count). The van der Waals surface area contributed by atoms with E-state index >= 15 is 0 Å². The summed E-state index contributed by atoms with van der Waals surface area (Å²) in [6, 6.07) is 11.4. The minimum atomic E-state index is 0.102. The number of oxime groups is 1. The fourth-order valence-corrected chi connectivity index (χ4v) is 3.11. The molecule has 0 aliphatic heterocycles. The number of thiophene rings is 1. The Morgan fingerprint density at radius 1 is 1.26 bits per heavy atom. The molecule has 0 bridgehead atoms. The highest BCUT2D eigenvalue weighted by Crippen LogP contribution is 2.30. The minimum absolute atomic E-state index is 0.102. The van der Waals surface area contributed by atoms with E-state index in [1.165, 1.54) is 11.3 Å². The van der Waals surface area contributed by atoms with Crippen LogP contribution < -0.4 is 4.74 Å². The van der Waals surface area contributed by atoms with Crippen LogP contribution in [0.5, 0.6) is 5.75 Å². The van der Waals surface area contributed by atoms with E-state index in [1.807, 2.05) is 36.4 Å². The van der Waals surface area contributed by atoms with Crippen LogP contribution in [-0.2, 0) is 11.4 Å². The molecule has 0 saturated carbocycles. The third kappa shape index (κ3) is 3.96. The lowest BCUT2D eigenvalue weighted by molar-refractivity contribution is 0.112. The molecule has 6 nitrogen and oxygen atoms in total. The van der Waals surface area contributed by atoms with Crippen LogP contribution in [-0.4, -0.2) is 23.5 Å². The molecule has 0 aliphatic rings. The predicted molar refractivity (Wildman–Crippen MR) is 90.7 cm³/mol. The first kappa shape index (κ1) is 15.7. The molecule has 2 heterocycles. The fourth-order valence-electron chi connectivity index (χ4n) is 1.80. The average Bonchev–Trinajstić information content (AvgIpc) is 3.21. The monoisotopic (exact) mass is 393 g/mol. The van der Waals surface area contributed by atoms with Crippen LogP contribution in [0, 0.1) is 0 Å². The number of nitrogens with zero attached hydrogens (tertiary/aromatic N) is 3. The maximum Gasteiger partial charge on any atom is 0.257 e. The molecule has 1 aromatic carbocycles. The number of aromatic nitrogens is 2. The van der Waals surface area contributed by atoms with E-state index < -0.39 is 0 Å². The molecule has 3 aromatic rings. The van der Waals surface area contributed by atoms with E-state index in [2.05, 4.69) is 31.3 Å². The number of rotatable bonds is 6. The van der Waals surface area contributed by atoms with Crippen LogP contribution in [0.25, 0.3) is 10.8 Å². The molecule has 0 N–H and O–H groups in total. The summed E-state index contributed by atoms with van der Waals surface area (Å²) in [5.74, 6) is 1.55. The summed E-state index contributed by atoms with van der Waals surface area (Å²) in [4.78, 5) is 6.09. The van der Waals surface area contributed by atoms with E-state index in [-0.39, 0.29) is 6.61 Å². The van der Waals surface area contributed by atoms with Crippen LogP contribution in [0.4, 0.5) is 0 Å². The molecule has 0 spiro atoms. The first-order valence-electron chi connectivity index (χ1n) is 6.62. The molecule has 0 amide bonds. The molecule has 0 fully saturated rings. The lowest BCUT2D eigenvalue weighted by Gasteiger charge is -2.02. The Kier molecular flexibility index (Phi) is 5.04. The summed E-state index contributed by atoms with van der Waals surface area (Å²) in [7, 11) is 1.61. The summed E-state index contributed by atoms with van der Waals surface area (Å²) in [5.41, 5.74) is 0.824. The smallest absolute Gasteiger partial charge is 0.257 e. The van der Waals surface area contributed by atoms with Crippen LogP contribution in [0.1, 0.15) is 11.5 Å². The van der Waals surface area contributed by atoms with Crippen molar-refractivity contribution in [1.82, 2.24) is 10.2 Å². The zero-order chi connectivity index (χ0) is 16.1. The summed E-state index contributed by atoms with van der Waals surface area (Å²) < 4.78 is 11.8. The van der Waals surface area contributed by atoms with Crippen molar-refractivity contribution in [3.05, 3.63) is 51.6 Å². The van der Waals surface area contributed by atoms with Gasteiger partial charge in [-0.3, -0.25) is 0 Å². The lowest BCUT2D eigenvalue weighted by atomic mass is 10.2. The van der Waals surface area contributed by atoms with Gasteiger partial charge in [-0.05, 0) is 40.2 Å². The van der Waals surface area contributed by atoms with Gasteiger partial charge in [0, 0.05) is 5.56 Å². The topological polar surface area (TPSA) is 69.7 Å². The number of hydrogen-bond donors (Lipinski definition) is 0. The van der Waals surface area contributed by atoms with Gasteiger partial charge in [-0.1, -0.05) is 17.3 Å². The zero-order valence-electron chi connectivity index (χ0n) is 12.1. The Balaban J connectivity index is 1.59. The molecule has 0 aliphatic carbocycles. The van der Waals surface area contributed by atoms with Crippen molar-refractivity contribution in [3.63, 3.8) is 0 Å². The predicted octanol–water partition coefficient (Wildman–Crippen LogP) is 4.12. The molecule has 8 heteroatoms. The molecule has 0 atom stereocenters. The van der Waals surface area contributed by atoms with Gasteiger partial charge in [-0.25, -0.2) is 0 Å². The SMILES string of the molecule is COc1ccccc1/C=N\OCc1nnc(-c2ccc(Br)s2)o1. The van der Waals surface area contributed by atoms with Crippen molar-refractivity contribution in [1.29, 1.82) is 0 Å². The van der Waals surface area contributed by atoms with Crippen LogP contribution in [0.3, 0.4) is 0 Å². The Labute approximate surface area is 144 Å². The molecule has 0 saturated heterocycles. The van der Waals surface area contributed by atoms with Gasteiger partial charge in [0.2, 0.25) is 0 Å². The Morgan fingerprint density at radius 2 is 2.13 bits per heavy atom. The molecule has 0 radical (unpaired) electrons. The number of hydrogen-bond acceptors (Lipinski definition) is 7. The highest BCUT2D eigenvalue weighted by Gasteiger charge is 2.10. The van der Waals surface area contributed by atoms with Gasteiger partial charge in [-0.2, -0.15) is 0 Å². The van der Waals surface area contributed by atoms with Crippen molar-refractivity contribution < 1.29 is 14.0 Å². The lowest BCUT2D eigenvalue weighted by Crippen LogP contribution is -1.92. The maximum atomic E-state index is 5.52. The van der Waals surface area contributed by atoms with Crippen molar-refractivity contribution in [3.8, 4) is 16.5 Å². The Bertz CT molecular complexity index is 816. The van der Waals surface area contributed by atoms with Crippen molar-refractivity contribution in [2.24, 2.45) is 5.16 Å². The Hall–Kier alpha value is -2.19. The van der Waals surface area contributed by atoms with Crippen molar-refractivity contribution in [2.75, 3.05) is 7.11 Å². The van der Waals surface area contributed by atoms with Gasteiger partial charge in [0.15, 0.2) is 6.61 Å². The summed E-state index contributed by atoms with van der Waals surface area (Å²) in [6.07, 6.45) is 1.58. The standard InChI is InChI=1S/C15H12BrN3O3S/c1-20-11-5-3-2-4-10(11)8-17-21-9-14-18-19-15(22-14)12-6-7-13(16)23-12/h2-8H,9H2,1H3/b17-8-. The first-order chi connectivity index (χ1) is 11.3. The number of ether oxygens (including phenoxy) is 1. The summed E-state index contributed by atoms with van der Waals surface area (Å²) in [6.45, 7) is 0.102.